The predicted molar refractivity (Wildman–Crippen MR) is 72.9 cm³/mol. The molecule has 0 aliphatic carbocycles. The summed E-state index contributed by atoms with van der Waals surface area (Å²) in [6.45, 7) is 3.50. The zero-order valence-corrected chi connectivity index (χ0v) is 11.2. The molecule has 2 aliphatic heterocycles. The molecule has 1 fully saturated rings. The fourth-order valence-electron chi connectivity index (χ4n) is 2.79. The van der Waals surface area contributed by atoms with Gasteiger partial charge in [-0.15, -0.1) is 0 Å². The zero-order valence-electron chi connectivity index (χ0n) is 11.2. The minimum atomic E-state index is -0.925. The number of carbonyl (C=O) groups is 1. The van der Waals surface area contributed by atoms with Crippen LogP contribution >= 0.6 is 0 Å². The third kappa shape index (κ3) is 2.47. The highest BCUT2D eigenvalue weighted by Gasteiger charge is 2.26. The van der Waals surface area contributed by atoms with Gasteiger partial charge in [0.2, 0.25) is 5.91 Å². The lowest BCUT2D eigenvalue weighted by molar-refractivity contribution is -0.117. The molecule has 0 radical (unpaired) electrons. The minimum absolute atomic E-state index is 0.109. The SMILES string of the molecule is O=C1CNc2cc(F)c(F)cc2N1CCN1CCCC1. The van der Waals surface area contributed by atoms with Gasteiger partial charge in [-0.1, -0.05) is 0 Å². The van der Waals surface area contributed by atoms with Gasteiger partial charge in [0.1, 0.15) is 0 Å². The molecule has 0 aromatic heterocycles. The van der Waals surface area contributed by atoms with Crippen molar-refractivity contribution in [1.82, 2.24) is 4.90 Å². The molecule has 108 valence electrons. The molecule has 0 bridgehead atoms. The Labute approximate surface area is 116 Å². The van der Waals surface area contributed by atoms with Crippen LogP contribution in [0.15, 0.2) is 12.1 Å². The Morgan fingerprint density at radius 1 is 1.10 bits per heavy atom. The number of nitrogens with zero attached hydrogens (tertiary/aromatic N) is 2. The number of hydrogen-bond acceptors (Lipinski definition) is 3. The molecule has 0 spiro atoms. The number of rotatable bonds is 3. The second-order valence-electron chi connectivity index (χ2n) is 5.23. The lowest BCUT2D eigenvalue weighted by Crippen LogP contribution is -2.44. The van der Waals surface area contributed by atoms with Gasteiger partial charge < -0.3 is 15.1 Å². The third-order valence-corrected chi connectivity index (χ3v) is 3.90. The van der Waals surface area contributed by atoms with Gasteiger partial charge in [0.05, 0.1) is 17.9 Å². The quantitative estimate of drug-likeness (QED) is 0.918. The number of anilines is 2. The second kappa shape index (κ2) is 5.36. The lowest BCUT2D eigenvalue weighted by atomic mass is 10.1. The van der Waals surface area contributed by atoms with Crippen molar-refractivity contribution in [2.45, 2.75) is 12.8 Å². The van der Waals surface area contributed by atoms with Crippen LogP contribution in [-0.2, 0) is 4.79 Å². The maximum absolute atomic E-state index is 13.4. The topological polar surface area (TPSA) is 35.6 Å². The molecule has 4 nitrogen and oxygen atoms in total. The van der Waals surface area contributed by atoms with Crippen molar-refractivity contribution >= 4 is 17.3 Å². The van der Waals surface area contributed by atoms with Gasteiger partial charge in [-0.3, -0.25) is 4.79 Å². The fraction of sp³-hybridized carbons (Fsp3) is 0.500. The Morgan fingerprint density at radius 3 is 2.55 bits per heavy atom. The van der Waals surface area contributed by atoms with Crippen molar-refractivity contribution in [3.63, 3.8) is 0 Å². The molecule has 3 rings (SSSR count). The number of benzene rings is 1. The Balaban J connectivity index is 1.79. The average molecular weight is 281 g/mol. The summed E-state index contributed by atoms with van der Waals surface area (Å²) >= 11 is 0. The van der Waals surface area contributed by atoms with Gasteiger partial charge >= 0.3 is 0 Å². The molecule has 0 unspecified atom stereocenters. The molecule has 1 N–H and O–H groups in total. The van der Waals surface area contributed by atoms with E-state index in [-0.39, 0.29) is 12.5 Å². The number of likely N-dealkylation sites (tertiary alicyclic amines) is 1. The molecule has 2 heterocycles. The van der Waals surface area contributed by atoms with Crippen LogP contribution in [0.2, 0.25) is 0 Å². The monoisotopic (exact) mass is 281 g/mol. The molecule has 1 saturated heterocycles. The fourth-order valence-corrected chi connectivity index (χ4v) is 2.79. The molecule has 1 aromatic carbocycles. The smallest absolute Gasteiger partial charge is 0.246 e. The Morgan fingerprint density at radius 2 is 1.80 bits per heavy atom. The predicted octanol–water partition coefficient (Wildman–Crippen LogP) is 1.82. The van der Waals surface area contributed by atoms with Crippen LogP contribution in [0.1, 0.15) is 12.8 Å². The average Bonchev–Trinajstić information content (AvgIpc) is 2.93. The van der Waals surface area contributed by atoms with Crippen molar-refractivity contribution < 1.29 is 13.6 Å². The van der Waals surface area contributed by atoms with E-state index < -0.39 is 11.6 Å². The van der Waals surface area contributed by atoms with Crippen molar-refractivity contribution in [1.29, 1.82) is 0 Å². The summed E-state index contributed by atoms with van der Waals surface area (Å²) in [6.07, 6.45) is 2.37. The number of hydrogen-bond donors (Lipinski definition) is 1. The van der Waals surface area contributed by atoms with E-state index in [1.807, 2.05) is 0 Å². The van der Waals surface area contributed by atoms with E-state index in [2.05, 4.69) is 10.2 Å². The van der Waals surface area contributed by atoms with E-state index in [0.717, 1.165) is 31.8 Å². The van der Waals surface area contributed by atoms with Crippen LogP contribution < -0.4 is 10.2 Å². The summed E-state index contributed by atoms with van der Waals surface area (Å²) in [6, 6.07) is 2.21. The Hall–Kier alpha value is -1.69. The highest BCUT2D eigenvalue weighted by atomic mass is 19.2. The molecule has 20 heavy (non-hydrogen) atoms. The van der Waals surface area contributed by atoms with Gasteiger partial charge in [-0.05, 0) is 25.9 Å². The molecule has 0 saturated carbocycles. The van der Waals surface area contributed by atoms with E-state index in [1.165, 1.54) is 12.8 Å². The lowest BCUT2D eigenvalue weighted by Gasteiger charge is -2.31. The van der Waals surface area contributed by atoms with Crippen LogP contribution in [-0.4, -0.2) is 43.5 Å². The van der Waals surface area contributed by atoms with Crippen LogP contribution in [0.25, 0.3) is 0 Å². The normalized spacial score (nSPS) is 19.1. The standard InChI is InChI=1S/C14H17F2N3O/c15-10-7-12-13(8-11(10)16)19(14(20)9-17-12)6-5-18-3-1-2-4-18/h7-8,17H,1-6,9H2. The summed E-state index contributed by atoms with van der Waals surface area (Å²) < 4.78 is 26.6. The largest absolute Gasteiger partial charge is 0.374 e. The van der Waals surface area contributed by atoms with Gasteiger partial charge in [0.25, 0.3) is 0 Å². The first-order valence-corrected chi connectivity index (χ1v) is 6.91. The summed E-state index contributed by atoms with van der Waals surface area (Å²) in [5.74, 6) is -1.93. The number of amides is 1. The van der Waals surface area contributed by atoms with Gasteiger partial charge in [-0.2, -0.15) is 0 Å². The second-order valence-corrected chi connectivity index (χ2v) is 5.23. The number of fused-ring (bicyclic) bond motifs is 1. The molecule has 6 heteroatoms. The van der Waals surface area contributed by atoms with E-state index in [0.29, 0.717) is 17.9 Å². The molecular formula is C14H17F2N3O. The molecule has 1 amide bonds. The number of carbonyl (C=O) groups excluding carboxylic acids is 1. The van der Waals surface area contributed by atoms with E-state index in [9.17, 15) is 13.6 Å². The Kier molecular flexibility index (Phi) is 3.56. The van der Waals surface area contributed by atoms with Crippen molar-refractivity contribution in [3.05, 3.63) is 23.8 Å². The highest BCUT2D eigenvalue weighted by molar-refractivity contribution is 6.02. The summed E-state index contributed by atoms with van der Waals surface area (Å²) in [4.78, 5) is 15.8. The molecular weight excluding hydrogens is 264 g/mol. The zero-order chi connectivity index (χ0) is 14.1. The van der Waals surface area contributed by atoms with E-state index in [4.69, 9.17) is 0 Å². The maximum Gasteiger partial charge on any atom is 0.246 e. The van der Waals surface area contributed by atoms with E-state index >= 15 is 0 Å². The number of halogens is 2. The van der Waals surface area contributed by atoms with Crippen molar-refractivity contribution in [2.75, 3.05) is 42.9 Å². The van der Waals surface area contributed by atoms with Gasteiger partial charge in [0.15, 0.2) is 11.6 Å². The van der Waals surface area contributed by atoms with Crippen LogP contribution in [0.4, 0.5) is 20.2 Å². The Bertz CT molecular complexity index is 529. The van der Waals surface area contributed by atoms with E-state index in [1.54, 1.807) is 4.90 Å². The van der Waals surface area contributed by atoms with Crippen molar-refractivity contribution in [2.24, 2.45) is 0 Å². The molecule has 1 aromatic rings. The van der Waals surface area contributed by atoms with Crippen molar-refractivity contribution in [3.8, 4) is 0 Å². The summed E-state index contributed by atoms with van der Waals surface area (Å²) in [7, 11) is 0. The first-order valence-electron chi connectivity index (χ1n) is 6.91. The summed E-state index contributed by atoms with van der Waals surface area (Å²) in [5, 5.41) is 2.83. The molecule has 0 atom stereocenters. The van der Waals surface area contributed by atoms with Crippen LogP contribution in [0.3, 0.4) is 0 Å². The minimum Gasteiger partial charge on any atom is -0.374 e. The van der Waals surface area contributed by atoms with Gasteiger partial charge in [-0.25, -0.2) is 8.78 Å². The first-order chi connectivity index (χ1) is 9.65. The van der Waals surface area contributed by atoms with Gasteiger partial charge in [0, 0.05) is 25.2 Å². The summed E-state index contributed by atoms with van der Waals surface area (Å²) in [5.41, 5.74) is 0.907. The first kappa shape index (κ1) is 13.3. The maximum atomic E-state index is 13.4. The van der Waals surface area contributed by atoms with Crippen LogP contribution in [0, 0.1) is 11.6 Å². The molecule has 2 aliphatic rings. The number of nitrogens with one attached hydrogen (secondary N) is 1. The highest BCUT2D eigenvalue weighted by Crippen LogP contribution is 2.31. The van der Waals surface area contributed by atoms with Crippen LogP contribution in [0.5, 0.6) is 0 Å². The third-order valence-electron chi connectivity index (χ3n) is 3.90.